The number of fused-ring (bicyclic) bond motifs is 2. The first-order valence-corrected chi connectivity index (χ1v) is 12.0. The van der Waals surface area contributed by atoms with Gasteiger partial charge in [0.2, 0.25) is 18.2 Å². The number of anilines is 1. The molecule has 1 fully saturated rings. The van der Waals surface area contributed by atoms with Crippen LogP contribution in [0.15, 0.2) is 29.5 Å². The SMILES string of the molecule is CC(C)(C)Cc1nc(N)nn2cc(F)c(-c3ccc4c(c3)[N+](CC(F)F)=N4)c12.CN1CCCC(F)(F)C1. The Kier molecular flexibility index (Phi) is 7.24. The minimum atomic E-state index is -2.51. The standard InChI is InChI=1S/C19H20F3N6.C6H11F2N/c1-19(2,3)7-13-17-16(11(20)8-28(17)26-18(23)24-13)10-4-5-12-14(6-10)27(25-12)9-15(21)22;1-9-4-2-3-6(7,8)5-9/h4-6,8,15H,7,9H2,1-3H3,(H2,23,24,26);2-5H2,1H3/q+1;. The Bertz CT molecular complexity index is 1330. The maximum Gasteiger partial charge on any atom is 0.298 e. The molecule has 4 heterocycles. The van der Waals surface area contributed by atoms with Gasteiger partial charge in [-0.15, -0.1) is 5.10 Å². The third-order valence-electron chi connectivity index (χ3n) is 6.04. The summed E-state index contributed by atoms with van der Waals surface area (Å²) in [6.45, 7) is 6.41. The summed E-state index contributed by atoms with van der Waals surface area (Å²) in [6, 6.07) is 5.08. The molecule has 1 aromatic carbocycles. The van der Waals surface area contributed by atoms with Gasteiger partial charge in [-0.1, -0.05) is 31.5 Å². The Hall–Kier alpha value is -3.15. The lowest BCUT2D eigenvalue weighted by Crippen LogP contribution is -2.39. The molecule has 2 aliphatic heterocycles. The highest BCUT2D eigenvalue weighted by Crippen LogP contribution is 2.42. The van der Waals surface area contributed by atoms with Crippen molar-refractivity contribution in [2.75, 3.05) is 32.4 Å². The average Bonchev–Trinajstić information content (AvgIpc) is 3.06. The maximum atomic E-state index is 14.9. The minimum absolute atomic E-state index is 0.0624. The Balaban J connectivity index is 0.000000301. The second kappa shape index (κ2) is 9.96. The van der Waals surface area contributed by atoms with E-state index >= 15 is 0 Å². The highest BCUT2D eigenvalue weighted by Gasteiger charge is 2.34. The van der Waals surface area contributed by atoms with Crippen molar-refractivity contribution in [2.45, 2.75) is 52.4 Å². The molecule has 0 saturated carbocycles. The Morgan fingerprint density at radius 3 is 2.54 bits per heavy atom. The second-order valence-electron chi connectivity index (χ2n) is 10.8. The number of halogens is 5. The van der Waals surface area contributed by atoms with E-state index in [0.717, 1.165) is 6.54 Å². The molecule has 0 spiro atoms. The van der Waals surface area contributed by atoms with Gasteiger partial charge < -0.3 is 10.6 Å². The van der Waals surface area contributed by atoms with Crippen LogP contribution in [-0.2, 0) is 6.42 Å². The zero-order chi connectivity index (χ0) is 27.1. The Morgan fingerprint density at radius 1 is 1.22 bits per heavy atom. The summed E-state index contributed by atoms with van der Waals surface area (Å²) in [5.41, 5.74) is 8.88. The van der Waals surface area contributed by atoms with Crippen molar-refractivity contribution in [1.82, 2.24) is 19.5 Å². The van der Waals surface area contributed by atoms with Gasteiger partial charge in [0.1, 0.15) is 0 Å². The normalized spacial score (nSPS) is 17.2. The molecule has 2 N–H and O–H groups in total. The van der Waals surface area contributed by atoms with Crippen LogP contribution in [0.25, 0.3) is 16.6 Å². The van der Waals surface area contributed by atoms with Gasteiger partial charge in [0.25, 0.3) is 18.0 Å². The molecule has 5 rings (SSSR count). The van der Waals surface area contributed by atoms with Gasteiger partial charge in [0, 0.05) is 23.2 Å². The van der Waals surface area contributed by atoms with Gasteiger partial charge in [-0.25, -0.2) is 31.5 Å². The predicted molar refractivity (Wildman–Crippen MR) is 131 cm³/mol. The van der Waals surface area contributed by atoms with E-state index in [1.54, 1.807) is 30.1 Å². The summed E-state index contributed by atoms with van der Waals surface area (Å²) < 4.78 is 67.8. The summed E-state index contributed by atoms with van der Waals surface area (Å²) >= 11 is 0. The highest BCUT2D eigenvalue weighted by atomic mass is 19.3. The van der Waals surface area contributed by atoms with Crippen LogP contribution in [0.2, 0.25) is 0 Å². The first kappa shape index (κ1) is 26.9. The number of likely N-dealkylation sites (tertiary alicyclic amines) is 1. The van der Waals surface area contributed by atoms with Crippen molar-refractivity contribution < 1.29 is 26.6 Å². The summed E-state index contributed by atoms with van der Waals surface area (Å²) in [6.07, 6.45) is 0.00994. The quantitative estimate of drug-likeness (QED) is 0.333. The third kappa shape index (κ3) is 6.23. The van der Waals surface area contributed by atoms with Crippen molar-refractivity contribution >= 4 is 22.8 Å². The number of rotatable bonds is 4. The number of hydrogen-bond donors (Lipinski definition) is 1. The fourth-order valence-electron chi connectivity index (χ4n) is 4.58. The second-order valence-corrected chi connectivity index (χ2v) is 10.8. The van der Waals surface area contributed by atoms with E-state index in [2.05, 4.69) is 36.0 Å². The lowest BCUT2D eigenvalue weighted by atomic mass is 9.89. The molecule has 2 aromatic heterocycles. The lowest BCUT2D eigenvalue weighted by molar-refractivity contribution is -0.536. The van der Waals surface area contributed by atoms with E-state index in [1.165, 1.54) is 15.4 Å². The third-order valence-corrected chi connectivity index (χ3v) is 6.04. The molecule has 2 aliphatic rings. The van der Waals surface area contributed by atoms with Crippen LogP contribution in [0.5, 0.6) is 0 Å². The van der Waals surface area contributed by atoms with Crippen molar-refractivity contribution in [3.63, 3.8) is 0 Å². The zero-order valence-corrected chi connectivity index (χ0v) is 21.3. The van der Waals surface area contributed by atoms with E-state index in [-0.39, 0.29) is 24.3 Å². The van der Waals surface area contributed by atoms with Crippen molar-refractivity contribution in [3.05, 3.63) is 35.9 Å². The van der Waals surface area contributed by atoms with Crippen molar-refractivity contribution in [3.8, 4) is 11.1 Å². The smallest absolute Gasteiger partial charge is 0.298 e. The van der Waals surface area contributed by atoms with Crippen LogP contribution in [-0.4, -0.2) is 63.2 Å². The number of azo groups is 2. The number of aromatic nitrogens is 3. The fourth-order valence-corrected chi connectivity index (χ4v) is 4.58. The van der Waals surface area contributed by atoms with Gasteiger partial charge >= 0.3 is 0 Å². The summed E-state index contributed by atoms with van der Waals surface area (Å²) in [5.74, 6) is -2.84. The Labute approximate surface area is 211 Å². The molecule has 0 atom stereocenters. The average molecular weight is 525 g/mol. The van der Waals surface area contributed by atoms with Crippen LogP contribution in [0.3, 0.4) is 0 Å². The van der Waals surface area contributed by atoms with E-state index in [4.69, 9.17) is 5.73 Å². The topological polar surface area (TPSA) is 74.8 Å². The molecule has 12 heteroatoms. The number of nitrogens with zero attached hydrogens (tertiary/aromatic N) is 6. The number of nitrogens with two attached hydrogens (primary N) is 1. The molecule has 37 heavy (non-hydrogen) atoms. The largest absolute Gasteiger partial charge is 0.367 e. The first-order valence-electron chi connectivity index (χ1n) is 12.0. The van der Waals surface area contributed by atoms with Gasteiger partial charge in [-0.2, -0.15) is 0 Å². The number of benzene rings is 1. The van der Waals surface area contributed by atoms with Gasteiger partial charge in [0.15, 0.2) is 5.82 Å². The number of piperidine rings is 1. The van der Waals surface area contributed by atoms with E-state index in [0.29, 0.717) is 46.6 Å². The number of hydrogen-bond acceptors (Lipinski definition) is 5. The minimum Gasteiger partial charge on any atom is -0.367 e. The molecular formula is C25H31F5N7+. The predicted octanol–water partition coefficient (Wildman–Crippen LogP) is 6.06. The molecule has 0 unspecified atom stereocenters. The molecule has 0 bridgehead atoms. The molecule has 3 aromatic rings. The first-order chi connectivity index (χ1) is 17.2. The molecule has 200 valence electrons. The van der Waals surface area contributed by atoms with Crippen LogP contribution in [0.4, 0.5) is 39.3 Å². The monoisotopic (exact) mass is 524 g/mol. The van der Waals surface area contributed by atoms with Crippen molar-refractivity contribution in [1.29, 1.82) is 0 Å². The van der Waals surface area contributed by atoms with Crippen LogP contribution >= 0.6 is 0 Å². The molecule has 0 amide bonds. The molecular weight excluding hydrogens is 493 g/mol. The van der Waals surface area contributed by atoms with Crippen molar-refractivity contribution in [2.24, 2.45) is 10.5 Å². The van der Waals surface area contributed by atoms with E-state index < -0.39 is 24.7 Å². The Morgan fingerprint density at radius 2 is 1.95 bits per heavy atom. The maximum absolute atomic E-state index is 14.9. The fraction of sp³-hybridized carbons (Fsp3) is 0.520. The van der Waals surface area contributed by atoms with Gasteiger partial charge in [-0.3, -0.25) is 0 Å². The zero-order valence-electron chi connectivity index (χ0n) is 21.3. The number of nitrogen functional groups attached to an aromatic ring is 1. The molecule has 0 aliphatic carbocycles. The summed E-state index contributed by atoms with van der Waals surface area (Å²) in [7, 11) is 1.73. The summed E-state index contributed by atoms with van der Waals surface area (Å²) in [4.78, 5) is 6.02. The van der Waals surface area contributed by atoms with Gasteiger partial charge in [0.05, 0.1) is 24.0 Å². The highest BCUT2D eigenvalue weighted by molar-refractivity contribution is 5.85. The van der Waals surface area contributed by atoms with E-state index in [9.17, 15) is 22.0 Å². The van der Waals surface area contributed by atoms with E-state index in [1.807, 2.05) is 0 Å². The summed E-state index contributed by atoms with van der Waals surface area (Å²) in [5, 5.41) is 8.12. The van der Waals surface area contributed by atoms with Gasteiger partial charge in [-0.05, 0) is 43.5 Å². The van der Waals surface area contributed by atoms with Crippen LogP contribution in [0, 0.1) is 11.2 Å². The lowest BCUT2D eigenvalue weighted by Gasteiger charge is -2.28. The van der Waals surface area contributed by atoms with Crippen LogP contribution < -0.4 is 5.73 Å². The number of alkyl halides is 4. The molecule has 7 nitrogen and oxygen atoms in total. The molecule has 1 saturated heterocycles. The van der Waals surface area contributed by atoms with Crippen LogP contribution in [0.1, 0.15) is 39.3 Å². The molecule has 0 radical (unpaired) electrons.